The first-order valence-corrected chi connectivity index (χ1v) is 4.96. The molecule has 0 aliphatic heterocycles. The lowest BCUT2D eigenvalue weighted by molar-refractivity contribution is 0.393. The minimum absolute atomic E-state index is 0.204. The Kier molecular flexibility index (Phi) is 3.10. The van der Waals surface area contributed by atoms with Crippen molar-refractivity contribution < 1.29 is 8.78 Å². The van der Waals surface area contributed by atoms with Crippen LogP contribution in [0, 0.1) is 17.1 Å². The highest BCUT2D eigenvalue weighted by Crippen LogP contribution is 2.24. The number of aromatic nitrogens is 1. The van der Waals surface area contributed by atoms with Crippen LogP contribution in [0.5, 0.6) is 0 Å². The van der Waals surface area contributed by atoms with Crippen LogP contribution < -0.4 is 0 Å². The molecule has 2 aromatic rings. The molecule has 84 valence electrons. The fourth-order valence-electron chi connectivity index (χ4n) is 1.42. The minimum Gasteiger partial charge on any atom is -0.256 e. The predicted octanol–water partition coefficient (Wildman–Crippen LogP) is 3.15. The second-order valence-electron chi connectivity index (χ2n) is 3.50. The lowest BCUT2D eigenvalue weighted by Crippen LogP contribution is -1.97. The maximum Gasteiger partial charge on any atom is 0.167 e. The third kappa shape index (κ3) is 2.45. The van der Waals surface area contributed by atoms with Gasteiger partial charge in [-0.15, -0.1) is 0 Å². The van der Waals surface area contributed by atoms with Gasteiger partial charge in [-0.25, -0.2) is 8.78 Å². The summed E-state index contributed by atoms with van der Waals surface area (Å²) in [7, 11) is 0. The van der Waals surface area contributed by atoms with Gasteiger partial charge in [0.1, 0.15) is 11.9 Å². The molecule has 0 bridgehead atoms. The highest BCUT2D eigenvalue weighted by molar-refractivity contribution is 5.31. The van der Waals surface area contributed by atoms with E-state index in [1.807, 2.05) is 6.07 Å². The maximum absolute atomic E-state index is 14.0. The van der Waals surface area contributed by atoms with Gasteiger partial charge in [0.05, 0.1) is 11.3 Å². The van der Waals surface area contributed by atoms with Crippen LogP contribution in [-0.2, 0) is 0 Å². The van der Waals surface area contributed by atoms with Crippen LogP contribution in [0.2, 0.25) is 0 Å². The molecule has 4 heteroatoms. The van der Waals surface area contributed by atoms with E-state index in [0.717, 1.165) is 0 Å². The first-order valence-electron chi connectivity index (χ1n) is 4.96. The zero-order chi connectivity index (χ0) is 12.3. The van der Waals surface area contributed by atoms with E-state index in [1.165, 1.54) is 42.6 Å². The van der Waals surface area contributed by atoms with E-state index in [-0.39, 0.29) is 5.69 Å². The summed E-state index contributed by atoms with van der Waals surface area (Å²) in [6.45, 7) is 0. The Bertz CT molecular complexity index is 541. The van der Waals surface area contributed by atoms with Crippen molar-refractivity contribution in [1.29, 1.82) is 5.26 Å². The number of hydrogen-bond acceptors (Lipinski definition) is 2. The number of nitriles is 1. The summed E-state index contributed by atoms with van der Waals surface area (Å²) < 4.78 is 26.6. The van der Waals surface area contributed by atoms with Crippen LogP contribution in [-0.4, -0.2) is 4.98 Å². The van der Waals surface area contributed by atoms with Crippen molar-refractivity contribution in [3.8, 4) is 6.07 Å². The van der Waals surface area contributed by atoms with E-state index in [2.05, 4.69) is 4.98 Å². The molecule has 0 spiro atoms. The van der Waals surface area contributed by atoms with E-state index in [4.69, 9.17) is 5.26 Å². The Morgan fingerprint density at radius 1 is 1.12 bits per heavy atom. The molecule has 0 N–H and O–H groups in total. The number of pyridine rings is 1. The molecule has 2 nitrogen and oxygen atoms in total. The molecule has 2 rings (SSSR count). The summed E-state index contributed by atoms with van der Waals surface area (Å²) in [6, 6.07) is 10.0. The Morgan fingerprint density at radius 3 is 2.35 bits per heavy atom. The van der Waals surface area contributed by atoms with Gasteiger partial charge in [0.15, 0.2) is 6.17 Å². The molecule has 17 heavy (non-hydrogen) atoms. The second-order valence-corrected chi connectivity index (χ2v) is 3.50. The predicted molar refractivity (Wildman–Crippen MR) is 58.3 cm³/mol. The Balaban J connectivity index is 2.27. The SMILES string of the molecule is N#Cc1ccc(C(F)c2ccc(F)cc2)nc1. The van der Waals surface area contributed by atoms with Crippen LogP contribution in [0.4, 0.5) is 8.78 Å². The number of benzene rings is 1. The highest BCUT2D eigenvalue weighted by atomic mass is 19.1. The van der Waals surface area contributed by atoms with Crippen molar-refractivity contribution in [2.24, 2.45) is 0 Å². The minimum atomic E-state index is -1.41. The molecule has 0 aliphatic carbocycles. The molecule has 1 aromatic heterocycles. The molecular weight excluding hydrogens is 222 g/mol. The fraction of sp³-hybridized carbons (Fsp3) is 0.0769. The standard InChI is InChI=1S/C13H8F2N2/c14-11-4-2-10(3-5-11)13(15)12-6-1-9(7-16)8-17-12/h1-6,8,13H. The summed E-state index contributed by atoms with van der Waals surface area (Å²) in [5, 5.41) is 8.59. The summed E-state index contributed by atoms with van der Waals surface area (Å²) in [5.74, 6) is -0.409. The quantitative estimate of drug-likeness (QED) is 0.794. The summed E-state index contributed by atoms with van der Waals surface area (Å²) >= 11 is 0. The molecule has 0 radical (unpaired) electrons. The van der Waals surface area contributed by atoms with E-state index < -0.39 is 12.0 Å². The van der Waals surface area contributed by atoms with Crippen molar-refractivity contribution >= 4 is 0 Å². The van der Waals surface area contributed by atoms with Gasteiger partial charge in [-0.05, 0) is 29.8 Å². The van der Waals surface area contributed by atoms with Gasteiger partial charge < -0.3 is 0 Å². The average molecular weight is 230 g/mol. The number of hydrogen-bond donors (Lipinski definition) is 0. The molecule has 0 saturated carbocycles. The molecule has 1 heterocycles. The van der Waals surface area contributed by atoms with Gasteiger partial charge in [-0.2, -0.15) is 5.26 Å². The molecule has 1 atom stereocenters. The number of halogens is 2. The van der Waals surface area contributed by atoms with Gasteiger partial charge in [0.2, 0.25) is 0 Å². The van der Waals surface area contributed by atoms with Crippen LogP contribution >= 0.6 is 0 Å². The van der Waals surface area contributed by atoms with Gasteiger partial charge >= 0.3 is 0 Å². The van der Waals surface area contributed by atoms with Crippen molar-refractivity contribution in [1.82, 2.24) is 4.98 Å². The Morgan fingerprint density at radius 2 is 1.82 bits per heavy atom. The maximum atomic E-state index is 14.0. The van der Waals surface area contributed by atoms with Gasteiger partial charge in [-0.3, -0.25) is 4.98 Å². The highest BCUT2D eigenvalue weighted by Gasteiger charge is 2.13. The molecule has 0 amide bonds. The van der Waals surface area contributed by atoms with E-state index in [9.17, 15) is 8.78 Å². The zero-order valence-corrected chi connectivity index (χ0v) is 8.77. The monoisotopic (exact) mass is 230 g/mol. The zero-order valence-electron chi connectivity index (χ0n) is 8.77. The molecule has 1 unspecified atom stereocenters. The topological polar surface area (TPSA) is 36.7 Å². The van der Waals surface area contributed by atoms with E-state index >= 15 is 0 Å². The van der Waals surface area contributed by atoms with Crippen LogP contribution in [0.15, 0.2) is 42.6 Å². The van der Waals surface area contributed by atoms with Gasteiger partial charge in [-0.1, -0.05) is 12.1 Å². The largest absolute Gasteiger partial charge is 0.256 e. The number of nitrogens with zero attached hydrogens (tertiary/aromatic N) is 2. The fourth-order valence-corrected chi connectivity index (χ4v) is 1.42. The third-order valence-corrected chi connectivity index (χ3v) is 2.34. The van der Waals surface area contributed by atoms with Gasteiger partial charge in [0.25, 0.3) is 0 Å². The smallest absolute Gasteiger partial charge is 0.167 e. The molecule has 0 aliphatic rings. The van der Waals surface area contributed by atoms with Crippen molar-refractivity contribution in [2.45, 2.75) is 6.17 Å². The first kappa shape index (κ1) is 11.2. The van der Waals surface area contributed by atoms with Gasteiger partial charge in [0, 0.05) is 6.20 Å². The molecule has 0 fully saturated rings. The summed E-state index contributed by atoms with van der Waals surface area (Å²) in [5.41, 5.74) is 0.916. The number of rotatable bonds is 2. The third-order valence-electron chi connectivity index (χ3n) is 2.34. The average Bonchev–Trinajstić information content (AvgIpc) is 2.39. The second kappa shape index (κ2) is 4.71. The summed E-state index contributed by atoms with van der Waals surface area (Å²) in [4.78, 5) is 3.86. The molecule has 0 saturated heterocycles. The lowest BCUT2D eigenvalue weighted by Gasteiger charge is -2.07. The molecule has 1 aromatic carbocycles. The van der Waals surface area contributed by atoms with Crippen molar-refractivity contribution in [3.63, 3.8) is 0 Å². The normalized spacial score (nSPS) is 11.8. The van der Waals surface area contributed by atoms with Crippen LogP contribution in [0.25, 0.3) is 0 Å². The Labute approximate surface area is 97.2 Å². The first-order chi connectivity index (χ1) is 8.20. The van der Waals surface area contributed by atoms with Crippen LogP contribution in [0.1, 0.15) is 23.0 Å². The van der Waals surface area contributed by atoms with Crippen LogP contribution in [0.3, 0.4) is 0 Å². The Hall–Kier alpha value is -2.28. The van der Waals surface area contributed by atoms with Crippen molar-refractivity contribution in [3.05, 3.63) is 65.2 Å². The molecular formula is C13H8F2N2. The summed E-state index contributed by atoms with van der Waals surface area (Å²) in [6.07, 6.45) is -0.103. The van der Waals surface area contributed by atoms with E-state index in [1.54, 1.807) is 0 Å². The lowest BCUT2D eigenvalue weighted by atomic mass is 10.1. The van der Waals surface area contributed by atoms with Crippen molar-refractivity contribution in [2.75, 3.05) is 0 Å². The number of alkyl halides is 1. The van der Waals surface area contributed by atoms with E-state index in [0.29, 0.717) is 11.1 Å².